The molecule has 1 fully saturated rings. The van der Waals surface area contributed by atoms with Gasteiger partial charge in [0.2, 0.25) is 0 Å². The number of hydrogen-bond donors (Lipinski definition) is 2. The molecule has 0 atom stereocenters. The van der Waals surface area contributed by atoms with Crippen LogP contribution in [0.1, 0.15) is 37.3 Å². The van der Waals surface area contributed by atoms with Crippen LogP contribution >= 0.6 is 0 Å². The molecule has 2 aromatic rings. The van der Waals surface area contributed by atoms with E-state index in [1.165, 1.54) is 0 Å². The number of hydrogen-bond acceptors (Lipinski definition) is 8. The SMILES string of the molecule is CCOC(=O)CCNC(=O)NC1C/C(=C\c2ccc(OC)c(OC)c2)C(=O)/C(=C/c2ccc(OC)c(OC)c2)C1. The number of carbonyl (C=O) groups excluding carboxylic acids is 3. The number of urea groups is 1. The van der Waals surface area contributed by atoms with Gasteiger partial charge in [-0.05, 0) is 67.3 Å². The minimum atomic E-state index is -0.431. The third kappa shape index (κ3) is 8.02. The van der Waals surface area contributed by atoms with E-state index in [9.17, 15) is 14.4 Å². The van der Waals surface area contributed by atoms with Crippen molar-refractivity contribution in [3.63, 3.8) is 0 Å². The number of amides is 2. The molecule has 0 heterocycles. The van der Waals surface area contributed by atoms with E-state index in [1.54, 1.807) is 71.8 Å². The van der Waals surface area contributed by atoms with Crippen molar-refractivity contribution < 1.29 is 38.1 Å². The lowest BCUT2D eigenvalue weighted by molar-refractivity contribution is -0.142. The van der Waals surface area contributed by atoms with E-state index < -0.39 is 6.03 Å². The van der Waals surface area contributed by atoms with Crippen LogP contribution in [0.3, 0.4) is 0 Å². The number of ketones is 1. The van der Waals surface area contributed by atoms with Crippen molar-refractivity contribution in [2.45, 2.75) is 32.2 Å². The first-order valence-electron chi connectivity index (χ1n) is 12.9. The van der Waals surface area contributed by atoms with E-state index >= 15 is 0 Å². The molecule has 1 aliphatic rings. The van der Waals surface area contributed by atoms with Crippen LogP contribution in [0.4, 0.5) is 4.79 Å². The third-order valence-electron chi connectivity index (χ3n) is 6.27. The second-order valence-corrected chi connectivity index (χ2v) is 8.96. The van der Waals surface area contributed by atoms with E-state index in [0.29, 0.717) is 47.0 Å². The van der Waals surface area contributed by atoms with Gasteiger partial charge in [-0.15, -0.1) is 0 Å². The maximum atomic E-state index is 13.6. The number of methoxy groups -OCH3 is 4. The molecule has 2 amide bonds. The number of benzene rings is 2. The summed E-state index contributed by atoms with van der Waals surface area (Å²) in [5, 5.41) is 5.61. The molecule has 1 saturated carbocycles. The van der Waals surface area contributed by atoms with Gasteiger partial charge in [-0.1, -0.05) is 12.1 Å². The number of nitrogens with one attached hydrogen (secondary N) is 2. The van der Waals surface area contributed by atoms with Crippen LogP contribution in [0.2, 0.25) is 0 Å². The number of esters is 1. The van der Waals surface area contributed by atoms with Crippen LogP contribution in [-0.4, -0.2) is 65.4 Å². The van der Waals surface area contributed by atoms with E-state index in [2.05, 4.69) is 10.6 Å². The second-order valence-electron chi connectivity index (χ2n) is 8.96. The molecular formula is C30H36N2O8. The monoisotopic (exact) mass is 552 g/mol. The summed E-state index contributed by atoms with van der Waals surface area (Å²) in [6.45, 7) is 2.15. The molecule has 0 aromatic heterocycles. The van der Waals surface area contributed by atoms with Gasteiger partial charge in [-0.2, -0.15) is 0 Å². The van der Waals surface area contributed by atoms with Crippen molar-refractivity contribution in [3.8, 4) is 23.0 Å². The summed E-state index contributed by atoms with van der Waals surface area (Å²) in [4.78, 5) is 37.8. The summed E-state index contributed by atoms with van der Waals surface area (Å²) in [6.07, 6.45) is 4.29. The van der Waals surface area contributed by atoms with Gasteiger partial charge < -0.3 is 34.3 Å². The maximum absolute atomic E-state index is 13.6. The van der Waals surface area contributed by atoms with Gasteiger partial charge in [0.05, 0.1) is 41.5 Å². The van der Waals surface area contributed by atoms with Crippen molar-refractivity contribution in [1.29, 1.82) is 0 Å². The molecule has 2 N–H and O–H groups in total. The smallest absolute Gasteiger partial charge is 0.315 e. The van der Waals surface area contributed by atoms with Crippen LogP contribution in [-0.2, 0) is 14.3 Å². The van der Waals surface area contributed by atoms with Gasteiger partial charge in [-0.25, -0.2) is 4.79 Å². The van der Waals surface area contributed by atoms with Crippen LogP contribution in [0.25, 0.3) is 12.2 Å². The van der Waals surface area contributed by atoms with Gasteiger partial charge >= 0.3 is 12.0 Å². The number of ether oxygens (including phenoxy) is 5. The first kappa shape index (κ1) is 30.1. The molecule has 10 nitrogen and oxygen atoms in total. The number of rotatable bonds is 11. The molecule has 3 rings (SSSR count). The lowest BCUT2D eigenvalue weighted by atomic mass is 9.83. The van der Waals surface area contributed by atoms with Crippen molar-refractivity contribution in [3.05, 3.63) is 58.7 Å². The summed E-state index contributed by atoms with van der Waals surface area (Å²) >= 11 is 0. The van der Waals surface area contributed by atoms with Gasteiger partial charge in [-0.3, -0.25) is 9.59 Å². The Bertz CT molecular complexity index is 1210. The van der Waals surface area contributed by atoms with E-state index in [4.69, 9.17) is 23.7 Å². The van der Waals surface area contributed by atoms with E-state index in [-0.39, 0.29) is 37.4 Å². The Morgan fingerprint density at radius 1 is 0.825 bits per heavy atom. The standard InChI is InChI=1S/C30H36N2O8/c1-6-40-28(33)11-12-31-30(35)32-23-17-21(13-19-7-9-24(36-2)26(15-19)38-4)29(34)22(18-23)14-20-8-10-25(37-3)27(16-20)39-5/h7-10,13-16,23H,6,11-12,17-18H2,1-5H3,(H2,31,32,35)/b21-13+,22-14+. The Morgan fingerprint density at radius 3 is 1.77 bits per heavy atom. The average molecular weight is 553 g/mol. The summed E-state index contributed by atoms with van der Waals surface area (Å²) in [6, 6.07) is 9.98. The molecule has 0 aliphatic heterocycles. The quantitative estimate of drug-likeness (QED) is 0.315. The molecule has 0 bridgehead atoms. The molecule has 0 spiro atoms. The lowest BCUT2D eigenvalue weighted by Crippen LogP contribution is -2.45. The molecule has 2 aromatic carbocycles. The highest BCUT2D eigenvalue weighted by Crippen LogP contribution is 2.33. The highest BCUT2D eigenvalue weighted by molar-refractivity contribution is 6.14. The Labute approximate surface area is 234 Å². The van der Waals surface area contributed by atoms with Gasteiger partial charge in [0.1, 0.15) is 0 Å². The first-order valence-corrected chi connectivity index (χ1v) is 12.9. The Balaban J connectivity index is 1.89. The van der Waals surface area contributed by atoms with E-state index in [1.807, 2.05) is 12.1 Å². The zero-order valence-electron chi connectivity index (χ0n) is 23.5. The minimum Gasteiger partial charge on any atom is -0.493 e. The Hall–Kier alpha value is -4.47. The molecule has 40 heavy (non-hydrogen) atoms. The van der Waals surface area contributed by atoms with E-state index in [0.717, 1.165) is 11.1 Å². The van der Waals surface area contributed by atoms with Gasteiger partial charge in [0.15, 0.2) is 28.8 Å². The fourth-order valence-electron chi connectivity index (χ4n) is 4.38. The van der Waals surface area contributed by atoms with Crippen molar-refractivity contribution >= 4 is 29.9 Å². The van der Waals surface area contributed by atoms with Crippen molar-refractivity contribution in [2.24, 2.45) is 0 Å². The average Bonchev–Trinajstić information content (AvgIpc) is 2.95. The molecule has 0 radical (unpaired) electrons. The summed E-state index contributed by atoms with van der Waals surface area (Å²) < 4.78 is 26.3. The summed E-state index contributed by atoms with van der Waals surface area (Å²) in [7, 11) is 6.20. The van der Waals surface area contributed by atoms with Crippen molar-refractivity contribution in [2.75, 3.05) is 41.6 Å². The summed E-state index contributed by atoms with van der Waals surface area (Å²) in [5.74, 6) is 1.73. The van der Waals surface area contributed by atoms with Crippen LogP contribution < -0.4 is 29.6 Å². The zero-order valence-corrected chi connectivity index (χ0v) is 23.5. The van der Waals surface area contributed by atoms with Gasteiger partial charge in [0.25, 0.3) is 0 Å². The Kier molecular flexibility index (Phi) is 11.0. The van der Waals surface area contributed by atoms with Crippen LogP contribution in [0, 0.1) is 0 Å². The first-order chi connectivity index (χ1) is 19.3. The lowest BCUT2D eigenvalue weighted by Gasteiger charge is -2.27. The molecule has 214 valence electrons. The van der Waals surface area contributed by atoms with Gasteiger partial charge in [0, 0.05) is 23.7 Å². The maximum Gasteiger partial charge on any atom is 0.315 e. The fourth-order valence-corrected chi connectivity index (χ4v) is 4.38. The van der Waals surface area contributed by atoms with Crippen LogP contribution in [0.5, 0.6) is 23.0 Å². The fraction of sp³-hybridized carbons (Fsp3) is 0.367. The zero-order chi connectivity index (χ0) is 29.1. The predicted octanol–water partition coefficient (Wildman–Crippen LogP) is 4.17. The molecular weight excluding hydrogens is 516 g/mol. The van der Waals surface area contributed by atoms with Crippen molar-refractivity contribution in [1.82, 2.24) is 10.6 Å². The minimum absolute atomic E-state index is 0.0688. The number of carbonyl (C=O) groups is 3. The molecule has 0 saturated heterocycles. The largest absolute Gasteiger partial charge is 0.493 e. The highest BCUT2D eigenvalue weighted by Gasteiger charge is 2.29. The third-order valence-corrected chi connectivity index (χ3v) is 6.27. The molecule has 10 heteroatoms. The van der Waals surface area contributed by atoms with Crippen LogP contribution in [0.15, 0.2) is 47.5 Å². The second kappa shape index (κ2) is 14.6. The predicted molar refractivity (Wildman–Crippen MR) is 151 cm³/mol. The number of Topliss-reactive ketones (excluding diaryl/α,β-unsaturated/α-hetero) is 1. The summed E-state index contributed by atoms with van der Waals surface area (Å²) in [5.41, 5.74) is 2.57. The topological polar surface area (TPSA) is 121 Å². The highest BCUT2D eigenvalue weighted by atomic mass is 16.5. The Morgan fingerprint density at radius 2 is 1.32 bits per heavy atom. The molecule has 1 aliphatic carbocycles. The normalized spacial score (nSPS) is 16.8. The molecule has 0 unspecified atom stereocenters.